The van der Waals surface area contributed by atoms with Gasteiger partial charge in [-0.15, -0.1) is 0 Å². The molecular weight excluding hydrogens is 462 g/mol. The first-order chi connectivity index (χ1) is 14.5. The summed E-state index contributed by atoms with van der Waals surface area (Å²) < 4.78 is 12.3. The largest absolute Gasteiger partial charge is 0.493 e. The van der Waals surface area contributed by atoms with Gasteiger partial charge in [-0.3, -0.25) is 5.43 Å². The summed E-state index contributed by atoms with van der Waals surface area (Å²) in [5, 5.41) is 7.65. The zero-order chi connectivity index (χ0) is 21.3. The molecule has 5 nitrogen and oxygen atoms in total. The van der Waals surface area contributed by atoms with Gasteiger partial charge in [0.05, 0.1) is 17.8 Å². The van der Waals surface area contributed by atoms with Gasteiger partial charge in [0.1, 0.15) is 6.61 Å². The smallest absolute Gasteiger partial charge is 0.191 e. The number of halogens is 1. The summed E-state index contributed by atoms with van der Waals surface area (Å²) >= 11 is 8.81. The lowest BCUT2D eigenvalue weighted by atomic mass is 10.2. The number of benzene rings is 3. The SMILES string of the molecule is COc1cc(/C=N\NC(=S)Nc2ccccc2)cc(Br)c1OCc1ccc(C)cc1. The van der Waals surface area contributed by atoms with E-state index >= 15 is 0 Å². The lowest BCUT2D eigenvalue weighted by Crippen LogP contribution is -2.23. The van der Waals surface area contributed by atoms with Crippen LogP contribution in [0.2, 0.25) is 0 Å². The first kappa shape index (κ1) is 21.8. The Balaban J connectivity index is 1.63. The normalized spacial score (nSPS) is 10.6. The van der Waals surface area contributed by atoms with Crippen LogP contribution in [0.3, 0.4) is 0 Å². The summed E-state index contributed by atoms with van der Waals surface area (Å²) in [5.41, 5.74) is 6.83. The Labute approximate surface area is 190 Å². The van der Waals surface area contributed by atoms with E-state index in [4.69, 9.17) is 21.7 Å². The molecule has 0 bridgehead atoms. The average Bonchev–Trinajstić information content (AvgIpc) is 2.74. The topological polar surface area (TPSA) is 54.9 Å². The van der Waals surface area contributed by atoms with Crippen molar-refractivity contribution in [2.45, 2.75) is 13.5 Å². The van der Waals surface area contributed by atoms with Crippen molar-refractivity contribution in [1.82, 2.24) is 5.43 Å². The van der Waals surface area contributed by atoms with Crippen LogP contribution in [0.5, 0.6) is 11.5 Å². The highest BCUT2D eigenvalue weighted by Crippen LogP contribution is 2.36. The summed E-state index contributed by atoms with van der Waals surface area (Å²) in [4.78, 5) is 0. The number of nitrogens with zero attached hydrogens (tertiary/aromatic N) is 1. The number of hydrazone groups is 1. The van der Waals surface area contributed by atoms with Crippen molar-refractivity contribution < 1.29 is 9.47 Å². The molecular formula is C23H22BrN3O2S. The van der Waals surface area contributed by atoms with Crippen molar-refractivity contribution in [2.75, 3.05) is 12.4 Å². The predicted octanol–water partition coefficient (Wildman–Crippen LogP) is 5.67. The molecule has 0 atom stereocenters. The van der Waals surface area contributed by atoms with Gasteiger partial charge in [0.25, 0.3) is 0 Å². The van der Waals surface area contributed by atoms with E-state index in [1.165, 1.54) is 5.56 Å². The molecule has 0 heterocycles. The van der Waals surface area contributed by atoms with Gasteiger partial charge in [-0.05, 0) is 70.5 Å². The van der Waals surface area contributed by atoms with E-state index in [0.717, 1.165) is 21.3 Å². The number of methoxy groups -OCH3 is 1. The maximum Gasteiger partial charge on any atom is 0.191 e. The summed E-state index contributed by atoms with van der Waals surface area (Å²) in [6.45, 7) is 2.51. The van der Waals surface area contributed by atoms with Crippen LogP contribution in [0.25, 0.3) is 0 Å². The Morgan fingerprint density at radius 2 is 1.83 bits per heavy atom. The molecule has 0 amide bonds. The number of para-hydroxylation sites is 1. The third-order valence-corrected chi connectivity index (χ3v) is 4.95. The summed E-state index contributed by atoms with van der Waals surface area (Å²) in [6.07, 6.45) is 1.66. The Hall–Kier alpha value is -2.90. The fourth-order valence-electron chi connectivity index (χ4n) is 2.64. The second kappa shape index (κ2) is 10.8. The van der Waals surface area contributed by atoms with Gasteiger partial charge in [0.2, 0.25) is 0 Å². The Morgan fingerprint density at radius 1 is 1.10 bits per heavy atom. The molecule has 7 heteroatoms. The van der Waals surface area contributed by atoms with Crippen LogP contribution in [-0.2, 0) is 6.61 Å². The number of rotatable bonds is 7. The van der Waals surface area contributed by atoms with Crippen LogP contribution in [0.4, 0.5) is 5.69 Å². The van der Waals surface area contributed by atoms with Crippen LogP contribution >= 0.6 is 28.1 Å². The molecule has 30 heavy (non-hydrogen) atoms. The zero-order valence-electron chi connectivity index (χ0n) is 16.7. The third kappa shape index (κ3) is 6.30. The van der Waals surface area contributed by atoms with Crippen LogP contribution in [0.1, 0.15) is 16.7 Å². The van der Waals surface area contributed by atoms with Crippen molar-refractivity contribution in [3.63, 3.8) is 0 Å². The third-order valence-electron chi connectivity index (χ3n) is 4.17. The lowest BCUT2D eigenvalue weighted by Gasteiger charge is -2.13. The summed E-state index contributed by atoms with van der Waals surface area (Å²) in [5.74, 6) is 1.26. The fourth-order valence-corrected chi connectivity index (χ4v) is 3.38. The first-order valence-electron chi connectivity index (χ1n) is 9.26. The molecule has 154 valence electrons. The molecule has 0 aromatic heterocycles. The van der Waals surface area contributed by atoms with Crippen molar-refractivity contribution in [1.29, 1.82) is 0 Å². The van der Waals surface area contributed by atoms with Gasteiger partial charge in [-0.25, -0.2) is 0 Å². The molecule has 0 radical (unpaired) electrons. The number of ether oxygens (including phenoxy) is 2. The minimum Gasteiger partial charge on any atom is -0.493 e. The van der Waals surface area contributed by atoms with Crippen LogP contribution in [0.15, 0.2) is 76.3 Å². The van der Waals surface area contributed by atoms with Crippen LogP contribution in [-0.4, -0.2) is 18.4 Å². The van der Waals surface area contributed by atoms with E-state index in [9.17, 15) is 0 Å². The predicted molar refractivity (Wildman–Crippen MR) is 130 cm³/mol. The van der Waals surface area contributed by atoms with Crippen molar-refractivity contribution in [3.05, 3.63) is 87.9 Å². The molecule has 0 fully saturated rings. The monoisotopic (exact) mass is 483 g/mol. The molecule has 0 spiro atoms. The standard InChI is InChI=1S/C23H22BrN3O2S/c1-16-8-10-17(11-9-16)15-29-22-20(24)12-18(13-21(22)28-2)14-25-27-23(30)26-19-6-4-3-5-7-19/h3-14H,15H2,1-2H3,(H2,26,27,30)/b25-14-. The van der Waals surface area contributed by atoms with Gasteiger partial charge >= 0.3 is 0 Å². The van der Waals surface area contributed by atoms with E-state index in [2.05, 4.69) is 63.0 Å². The fraction of sp³-hybridized carbons (Fsp3) is 0.130. The van der Waals surface area contributed by atoms with Gasteiger partial charge in [0.15, 0.2) is 16.6 Å². The van der Waals surface area contributed by atoms with Gasteiger partial charge in [-0.1, -0.05) is 48.0 Å². The molecule has 3 rings (SSSR count). The molecule has 0 aliphatic carbocycles. The van der Waals surface area contributed by atoms with E-state index in [1.54, 1.807) is 13.3 Å². The average molecular weight is 484 g/mol. The molecule has 0 saturated carbocycles. The number of hydrogen-bond acceptors (Lipinski definition) is 4. The second-order valence-electron chi connectivity index (χ2n) is 6.50. The maximum atomic E-state index is 5.99. The van der Waals surface area contributed by atoms with Gasteiger partial charge in [0, 0.05) is 5.69 Å². The molecule has 0 aliphatic heterocycles. The second-order valence-corrected chi connectivity index (χ2v) is 7.76. The number of thiocarbonyl (C=S) groups is 1. The van der Waals surface area contributed by atoms with E-state index in [1.807, 2.05) is 42.5 Å². The highest BCUT2D eigenvalue weighted by atomic mass is 79.9. The van der Waals surface area contributed by atoms with Crippen molar-refractivity contribution in [3.8, 4) is 11.5 Å². The molecule has 3 aromatic rings. The molecule has 0 unspecified atom stereocenters. The van der Waals surface area contributed by atoms with E-state index in [-0.39, 0.29) is 0 Å². The summed E-state index contributed by atoms with van der Waals surface area (Å²) in [6, 6.07) is 21.6. The summed E-state index contributed by atoms with van der Waals surface area (Å²) in [7, 11) is 1.61. The highest BCUT2D eigenvalue weighted by molar-refractivity contribution is 9.10. The van der Waals surface area contributed by atoms with E-state index in [0.29, 0.717) is 23.2 Å². The van der Waals surface area contributed by atoms with Crippen LogP contribution in [0, 0.1) is 6.92 Å². The minimum absolute atomic E-state index is 0.404. The van der Waals surface area contributed by atoms with Crippen molar-refractivity contribution in [2.24, 2.45) is 5.10 Å². The maximum absolute atomic E-state index is 5.99. The van der Waals surface area contributed by atoms with Crippen LogP contribution < -0.4 is 20.2 Å². The number of aryl methyl sites for hydroxylation is 1. The molecule has 0 aliphatic rings. The number of anilines is 1. The van der Waals surface area contributed by atoms with Gasteiger partial charge in [-0.2, -0.15) is 5.10 Å². The van der Waals surface area contributed by atoms with Gasteiger partial charge < -0.3 is 14.8 Å². The Morgan fingerprint density at radius 3 is 2.53 bits per heavy atom. The zero-order valence-corrected chi connectivity index (χ0v) is 19.1. The van der Waals surface area contributed by atoms with Crippen molar-refractivity contribution >= 4 is 45.2 Å². The van der Waals surface area contributed by atoms with E-state index < -0.39 is 0 Å². The number of hydrogen-bond donors (Lipinski definition) is 2. The Bertz CT molecular complexity index is 1020. The molecule has 0 saturated heterocycles. The Kier molecular flexibility index (Phi) is 7.82. The minimum atomic E-state index is 0.404. The molecule has 3 aromatic carbocycles. The highest BCUT2D eigenvalue weighted by Gasteiger charge is 2.11. The quantitative estimate of drug-likeness (QED) is 0.257. The molecule has 2 N–H and O–H groups in total. The first-order valence-corrected chi connectivity index (χ1v) is 10.5. The lowest BCUT2D eigenvalue weighted by molar-refractivity contribution is 0.282. The number of nitrogens with one attached hydrogen (secondary N) is 2.